The van der Waals surface area contributed by atoms with Crippen LogP contribution in [-0.2, 0) is 16.6 Å². The van der Waals surface area contributed by atoms with Crippen LogP contribution in [-0.4, -0.2) is 24.2 Å². The molecule has 2 aromatic rings. The zero-order valence-electron chi connectivity index (χ0n) is 10.7. The molecule has 1 aromatic heterocycles. The molecule has 0 unspecified atom stereocenters. The van der Waals surface area contributed by atoms with Crippen molar-refractivity contribution in [1.82, 2.24) is 14.7 Å². The molecule has 102 valence electrons. The number of aliphatic imine (C=N–C) groups is 1. The number of fused-ring (bicyclic) bond motifs is 1. The first-order chi connectivity index (χ1) is 9.56. The molecule has 0 bridgehead atoms. The third-order valence-electron chi connectivity index (χ3n) is 2.90. The summed E-state index contributed by atoms with van der Waals surface area (Å²) in [7, 11) is -3.48. The summed E-state index contributed by atoms with van der Waals surface area (Å²) in [5.74, 6) is 1.02. The van der Waals surface area contributed by atoms with Crippen molar-refractivity contribution >= 4 is 15.9 Å². The molecule has 0 spiro atoms. The molecule has 0 atom stereocenters. The molecule has 1 N–H and O–H groups in total. The SMILES string of the molecule is Cc1nccc(CN=C2NS(=O)(=O)c3ccccc32)n1. The smallest absolute Gasteiger partial charge is 0.263 e. The van der Waals surface area contributed by atoms with E-state index in [1.54, 1.807) is 43.5 Å². The number of amidine groups is 1. The highest BCUT2D eigenvalue weighted by atomic mass is 32.2. The van der Waals surface area contributed by atoms with E-state index in [-0.39, 0.29) is 4.90 Å². The topological polar surface area (TPSA) is 84.3 Å². The average Bonchev–Trinajstić information content (AvgIpc) is 2.69. The van der Waals surface area contributed by atoms with Gasteiger partial charge in [0.1, 0.15) is 11.7 Å². The average molecular weight is 288 g/mol. The molecular formula is C13H12N4O2S. The number of hydrogen-bond acceptors (Lipinski definition) is 5. The van der Waals surface area contributed by atoms with Crippen LogP contribution in [0.1, 0.15) is 17.1 Å². The molecule has 20 heavy (non-hydrogen) atoms. The summed E-state index contributed by atoms with van der Waals surface area (Å²) in [6.07, 6.45) is 1.66. The Hall–Kier alpha value is -2.28. The molecular weight excluding hydrogens is 276 g/mol. The fourth-order valence-corrected chi connectivity index (χ4v) is 3.26. The van der Waals surface area contributed by atoms with Gasteiger partial charge in [0.2, 0.25) is 0 Å². The fourth-order valence-electron chi connectivity index (χ4n) is 2.00. The second kappa shape index (κ2) is 4.68. The maximum absolute atomic E-state index is 11.9. The number of sulfonamides is 1. The van der Waals surface area contributed by atoms with Crippen molar-refractivity contribution in [3.05, 3.63) is 53.6 Å². The number of rotatable bonds is 2. The van der Waals surface area contributed by atoms with Crippen LogP contribution in [0.2, 0.25) is 0 Å². The first-order valence-corrected chi connectivity index (χ1v) is 7.50. The number of nitrogens with one attached hydrogen (secondary N) is 1. The Labute approximate surface area is 116 Å². The molecule has 3 rings (SSSR count). The minimum absolute atomic E-state index is 0.262. The Bertz CT molecular complexity index is 800. The first kappa shape index (κ1) is 12.7. The maximum Gasteiger partial charge on any atom is 0.263 e. The van der Waals surface area contributed by atoms with E-state index in [9.17, 15) is 8.42 Å². The lowest BCUT2D eigenvalue weighted by Crippen LogP contribution is -2.22. The number of hydrogen-bond donors (Lipinski definition) is 1. The Kier molecular flexibility index (Phi) is 2.98. The van der Waals surface area contributed by atoms with Crippen molar-refractivity contribution in [3.8, 4) is 0 Å². The Balaban J connectivity index is 1.95. The van der Waals surface area contributed by atoms with E-state index < -0.39 is 10.0 Å². The van der Waals surface area contributed by atoms with Crippen molar-refractivity contribution in [3.63, 3.8) is 0 Å². The molecule has 6 nitrogen and oxygen atoms in total. The Morgan fingerprint density at radius 2 is 2.05 bits per heavy atom. The molecule has 0 saturated heterocycles. The first-order valence-electron chi connectivity index (χ1n) is 6.01. The molecule has 0 fully saturated rings. The third kappa shape index (κ3) is 2.27. The van der Waals surface area contributed by atoms with E-state index in [1.807, 2.05) is 0 Å². The minimum atomic E-state index is -3.48. The van der Waals surface area contributed by atoms with Crippen molar-refractivity contribution < 1.29 is 8.42 Å². The van der Waals surface area contributed by atoms with Gasteiger partial charge in [-0.25, -0.2) is 18.4 Å². The molecule has 7 heteroatoms. The molecule has 0 saturated carbocycles. The molecule has 1 aromatic carbocycles. The summed E-state index contributed by atoms with van der Waals surface area (Å²) in [4.78, 5) is 12.8. The highest BCUT2D eigenvalue weighted by Gasteiger charge is 2.29. The van der Waals surface area contributed by atoms with Crippen LogP contribution in [0.15, 0.2) is 46.4 Å². The van der Waals surface area contributed by atoms with Gasteiger partial charge in [0, 0.05) is 11.8 Å². The van der Waals surface area contributed by atoms with Gasteiger partial charge in [-0.1, -0.05) is 12.1 Å². The van der Waals surface area contributed by atoms with E-state index in [1.165, 1.54) is 0 Å². The van der Waals surface area contributed by atoms with Gasteiger partial charge in [-0.15, -0.1) is 0 Å². The number of nitrogens with zero attached hydrogens (tertiary/aromatic N) is 3. The third-order valence-corrected chi connectivity index (χ3v) is 4.29. The van der Waals surface area contributed by atoms with Gasteiger partial charge in [-0.2, -0.15) is 0 Å². The van der Waals surface area contributed by atoms with Crippen molar-refractivity contribution in [2.45, 2.75) is 18.4 Å². The summed E-state index contributed by atoms with van der Waals surface area (Å²) in [5.41, 5.74) is 1.34. The lowest BCUT2D eigenvalue weighted by atomic mass is 10.2. The molecule has 1 aliphatic heterocycles. The van der Waals surface area contributed by atoms with Crippen LogP contribution in [0.4, 0.5) is 0 Å². The van der Waals surface area contributed by atoms with E-state index >= 15 is 0 Å². The van der Waals surface area contributed by atoms with E-state index in [0.717, 1.165) is 5.69 Å². The highest BCUT2D eigenvalue weighted by molar-refractivity contribution is 7.90. The monoisotopic (exact) mass is 288 g/mol. The zero-order valence-corrected chi connectivity index (χ0v) is 11.6. The fraction of sp³-hybridized carbons (Fsp3) is 0.154. The van der Waals surface area contributed by atoms with Gasteiger partial charge in [-0.3, -0.25) is 9.71 Å². The predicted molar refractivity (Wildman–Crippen MR) is 73.8 cm³/mol. The van der Waals surface area contributed by atoms with E-state index in [4.69, 9.17) is 0 Å². The number of aromatic nitrogens is 2. The summed E-state index contributed by atoms with van der Waals surface area (Å²) in [6, 6.07) is 8.53. The molecule has 0 aliphatic carbocycles. The molecule has 0 amide bonds. The molecule has 0 radical (unpaired) electrons. The van der Waals surface area contributed by atoms with Crippen LogP contribution in [0.5, 0.6) is 0 Å². The predicted octanol–water partition coefficient (Wildman–Crippen LogP) is 1.02. The van der Waals surface area contributed by atoms with Gasteiger partial charge < -0.3 is 0 Å². The van der Waals surface area contributed by atoms with Crippen LogP contribution in [0, 0.1) is 6.92 Å². The maximum atomic E-state index is 11.9. The van der Waals surface area contributed by atoms with E-state index in [0.29, 0.717) is 23.8 Å². The zero-order chi connectivity index (χ0) is 14.2. The summed E-state index contributed by atoms with van der Waals surface area (Å²) in [6.45, 7) is 2.10. The summed E-state index contributed by atoms with van der Waals surface area (Å²) in [5, 5.41) is 0. The van der Waals surface area contributed by atoms with Gasteiger partial charge >= 0.3 is 0 Å². The van der Waals surface area contributed by atoms with Gasteiger partial charge in [-0.05, 0) is 25.1 Å². The second-order valence-electron chi connectivity index (χ2n) is 4.36. The Morgan fingerprint density at radius 3 is 2.85 bits per heavy atom. The summed E-state index contributed by atoms with van der Waals surface area (Å²) >= 11 is 0. The standard InChI is InChI=1S/C13H12N4O2S/c1-9-14-7-6-10(16-9)8-15-13-11-4-2-3-5-12(11)20(18,19)17-13/h2-7H,8H2,1H3,(H,15,17). The quantitative estimate of drug-likeness (QED) is 0.894. The lowest BCUT2D eigenvalue weighted by Gasteiger charge is -2.00. The number of aryl methyl sites for hydroxylation is 1. The van der Waals surface area contributed by atoms with Crippen molar-refractivity contribution in [2.75, 3.05) is 0 Å². The van der Waals surface area contributed by atoms with Gasteiger partial charge in [0.15, 0.2) is 0 Å². The highest BCUT2D eigenvalue weighted by Crippen LogP contribution is 2.22. The Morgan fingerprint density at radius 1 is 1.25 bits per heavy atom. The minimum Gasteiger partial charge on any atom is -0.263 e. The second-order valence-corrected chi connectivity index (χ2v) is 6.01. The van der Waals surface area contributed by atoms with Crippen LogP contribution < -0.4 is 4.72 Å². The summed E-state index contributed by atoms with van der Waals surface area (Å²) < 4.78 is 26.3. The van der Waals surface area contributed by atoms with Gasteiger partial charge in [0.25, 0.3) is 10.0 Å². The lowest BCUT2D eigenvalue weighted by molar-refractivity contribution is 0.595. The van der Waals surface area contributed by atoms with Crippen LogP contribution >= 0.6 is 0 Å². The molecule has 2 heterocycles. The van der Waals surface area contributed by atoms with Crippen molar-refractivity contribution in [2.24, 2.45) is 4.99 Å². The molecule has 1 aliphatic rings. The number of benzene rings is 1. The largest absolute Gasteiger partial charge is 0.263 e. The normalized spacial score (nSPS) is 17.8. The van der Waals surface area contributed by atoms with E-state index in [2.05, 4.69) is 19.7 Å². The van der Waals surface area contributed by atoms with Crippen LogP contribution in [0.3, 0.4) is 0 Å². The van der Waals surface area contributed by atoms with Crippen LogP contribution in [0.25, 0.3) is 0 Å². The van der Waals surface area contributed by atoms with Gasteiger partial charge in [0.05, 0.1) is 17.1 Å². The van der Waals surface area contributed by atoms with Crippen molar-refractivity contribution in [1.29, 1.82) is 0 Å².